The van der Waals surface area contributed by atoms with Crippen molar-refractivity contribution in [3.05, 3.63) is 58.6 Å². The molecular formula is C34H43N5O4S. The van der Waals surface area contributed by atoms with Gasteiger partial charge in [0.1, 0.15) is 21.5 Å². The first-order valence-corrected chi connectivity index (χ1v) is 16.8. The van der Waals surface area contributed by atoms with E-state index in [0.29, 0.717) is 35.4 Å². The maximum Gasteiger partial charge on any atom is 0.251 e. The van der Waals surface area contributed by atoms with Gasteiger partial charge < -0.3 is 24.6 Å². The Bertz CT molecular complexity index is 1440. The first-order valence-electron chi connectivity index (χ1n) is 16.0. The average Bonchev–Trinajstić information content (AvgIpc) is 3.72. The van der Waals surface area contributed by atoms with Crippen LogP contribution in [0, 0.1) is 0 Å². The summed E-state index contributed by atoms with van der Waals surface area (Å²) in [5.74, 6) is 1.63. The SMILES string of the molecule is CC(C)c1nnc(-c2ccc(Oc3cc(C(=O)NC4CCN(C5CCOCC5)CC4)ccc3C(C)N3CCCC3=O)cc2)s1. The van der Waals surface area contributed by atoms with Crippen LogP contribution in [-0.2, 0) is 9.53 Å². The number of carbonyl (C=O) groups excluding carboxylic acids is 2. The molecule has 1 atom stereocenters. The Morgan fingerprint density at radius 1 is 1.00 bits per heavy atom. The van der Waals surface area contributed by atoms with Crippen LogP contribution < -0.4 is 10.1 Å². The number of hydrogen-bond acceptors (Lipinski definition) is 8. The number of ether oxygens (including phenoxy) is 2. The van der Waals surface area contributed by atoms with E-state index in [2.05, 4.69) is 34.3 Å². The first kappa shape index (κ1) is 30.7. The number of aromatic nitrogens is 2. The van der Waals surface area contributed by atoms with Crippen molar-refractivity contribution in [3.8, 4) is 22.1 Å². The Hall–Kier alpha value is -3.34. The molecule has 0 spiro atoms. The molecule has 4 heterocycles. The van der Waals surface area contributed by atoms with Crippen molar-refractivity contribution in [2.45, 2.75) is 83.3 Å². The molecular weight excluding hydrogens is 574 g/mol. The fraction of sp³-hybridized carbons (Fsp3) is 0.529. The molecule has 2 amide bonds. The highest BCUT2D eigenvalue weighted by Gasteiger charge is 2.30. The van der Waals surface area contributed by atoms with E-state index in [1.807, 2.05) is 54.3 Å². The molecule has 0 aliphatic carbocycles. The van der Waals surface area contributed by atoms with Gasteiger partial charge >= 0.3 is 0 Å². The summed E-state index contributed by atoms with van der Waals surface area (Å²) in [7, 11) is 0. The molecule has 1 aromatic heterocycles. The van der Waals surface area contributed by atoms with E-state index >= 15 is 0 Å². The average molecular weight is 618 g/mol. The molecule has 10 heteroatoms. The summed E-state index contributed by atoms with van der Waals surface area (Å²) < 4.78 is 12.0. The van der Waals surface area contributed by atoms with Gasteiger partial charge in [-0.1, -0.05) is 31.3 Å². The van der Waals surface area contributed by atoms with Crippen LogP contribution >= 0.6 is 11.3 Å². The molecule has 2 aromatic carbocycles. The van der Waals surface area contributed by atoms with E-state index in [4.69, 9.17) is 9.47 Å². The van der Waals surface area contributed by atoms with E-state index in [1.165, 1.54) is 0 Å². The molecule has 9 nitrogen and oxygen atoms in total. The Morgan fingerprint density at radius 2 is 1.75 bits per heavy atom. The number of amides is 2. The highest BCUT2D eigenvalue weighted by atomic mass is 32.1. The van der Waals surface area contributed by atoms with Gasteiger partial charge in [0.15, 0.2) is 0 Å². The highest BCUT2D eigenvalue weighted by molar-refractivity contribution is 7.14. The molecule has 0 bridgehead atoms. The molecule has 0 saturated carbocycles. The van der Waals surface area contributed by atoms with Crippen LogP contribution in [0.3, 0.4) is 0 Å². The quantitative estimate of drug-likeness (QED) is 0.306. The third-order valence-electron chi connectivity index (χ3n) is 9.14. The van der Waals surface area contributed by atoms with Crippen LogP contribution in [0.2, 0.25) is 0 Å². The van der Waals surface area contributed by atoms with Gasteiger partial charge in [0.05, 0.1) is 6.04 Å². The van der Waals surface area contributed by atoms with Crippen molar-refractivity contribution in [2.24, 2.45) is 0 Å². The number of likely N-dealkylation sites (tertiary alicyclic amines) is 2. The van der Waals surface area contributed by atoms with Crippen LogP contribution in [0.25, 0.3) is 10.6 Å². The monoisotopic (exact) mass is 617 g/mol. The first-order chi connectivity index (χ1) is 21.4. The Labute approximate surface area is 263 Å². The van der Waals surface area contributed by atoms with Gasteiger partial charge in [-0.05, 0) is 75.4 Å². The Kier molecular flexibility index (Phi) is 9.59. The van der Waals surface area contributed by atoms with Crippen LogP contribution in [0.1, 0.15) is 92.2 Å². The van der Waals surface area contributed by atoms with Gasteiger partial charge in [0, 0.05) is 74.0 Å². The van der Waals surface area contributed by atoms with E-state index in [1.54, 1.807) is 11.3 Å². The summed E-state index contributed by atoms with van der Waals surface area (Å²) in [5, 5.41) is 13.8. The Balaban J connectivity index is 1.17. The lowest BCUT2D eigenvalue weighted by atomic mass is 9.99. The van der Waals surface area contributed by atoms with E-state index < -0.39 is 0 Å². The molecule has 44 heavy (non-hydrogen) atoms. The summed E-state index contributed by atoms with van der Waals surface area (Å²) in [5.41, 5.74) is 2.42. The zero-order valence-corrected chi connectivity index (χ0v) is 26.8. The third kappa shape index (κ3) is 6.98. The van der Waals surface area contributed by atoms with Gasteiger partial charge in [0.2, 0.25) is 5.91 Å². The fourth-order valence-corrected chi connectivity index (χ4v) is 7.31. The van der Waals surface area contributed by atoms with Crippen molar-refractivity contribution in [1.29, 1.82) is 0 Å². The van der Waals surface area contributed by atoms with Crippen molar-refractivity contribution in [3.63, 3.8) is 0 Å². The molecule has 0 radical (unpaired) electrons. The smallest absolute Gasteiger partial charge is 0.251 e. The largest absolute Gasteiger partial charge is 0.457 e. The van der Waals surface area contributed by atoms with E-state index in [0.717, 1.165) is 86.1 Å². The van der Waals surface area contributed by atoms with Crippen molar-refractivity contribution in [2.75, 3.05) is 32.8 Å². The summed E-state index contributed by atoms with van der Waals surface area (Å²) in [6.07, 6.45) is 5.50. The van der Waals surface area contributed by atoms with E-state index in [9.17, 15) is 9.59 Å². The summed E-state index contributed by atoms with van der Waals surface area (Å²) >= 11 is 1.60. The second-order valence-electron chi connectivity index (χ2n) is 12.5. The third-order valence-corrected chi connectivity index (χ3v) is 10.4. The fourth-order valence-electron chi connectivity index (χ4n) is 6.46. The normalized spacial score (nSPS) is 19.5. The number of nitrogens with one attached hydrogen (secondary N) is 1. The molecule has 234 valence electrons. The molecule has 6 rings (SSSR count). The van der Waals surface area contributed by atoms with Crippen molar-refractivity contribution >= 4 is 23.2 Å². The van der Waals surface area contributed by atoms with Crippen LogP contribution in [0.5, 0.6) is 11.5 Å². The minimum absolute atomic E-state index is 0.0941. The van der Waals surface area contributed by atoms with Gasteiger partial charge in [-0.25, -0.2) is 0 Å². The van der Waals surface area contributed by atoms with Crippen LogP contribution in [0.4, 0.5) is 0 Å². The number of nitrogens with zero attached hydrogens (tertiary/aromatic N) is 4. The number of rotatable bonds is 9. The van der Waals surface area contributed by atoms with Gasteiger partial charge in [-0.15, -0.1) is 10.2 Å². The lowest BCUT2D eigenvalue weighted by Crippen LogP contribution is -2.49. The second kappa shape index (κ2) is 13.7. The lowest BCUT2D eigenvalue weighted by Gasteiger charge is -2.39. The standard InChI is InChI=1S/C34H43N5O4S/c1-22(2)33-36-37-34(44-33)24-6-9-28(10-7-24)43-30-21-25(8-11-29(30)23(3)39-16-4-5-31(39)40)32(41)35-26-12-17-38(18-13-26)27-14-19-42-20-15-27/h6-11,21-23,26-27H,4-5,12-20H2,1-3H3,(H,35,41). The lowest BCUT2D eigenvalue weighted by molar-refractivity contribution is -0.129. The molecule has 3 saturated heterocycles. The zero-order chi connectivity index (χ0) is 30.6. The van der Waals surface area contributed by atoms with Crippen molar-refractivity contribution in [1.82, 2.24) is 25.3 Å². The Morgan fingerprint density at radius 3 is 2.41 bits per heavy atom. The predicted octanol–water partition coefficient (Wildman–Crippen LogP) is 6.18. The number of piperidine rings is 1. The number of hydrogen-bond donors (Lipinski definition) is 1. The van der Waals surface area contributed by atoms with Gasteiger partial charge in [-0.2, -0.15) is 0 Å². The molecule has 3 aromatic rings. The summed E-state index contributed by atoms with van der Waals surface area (Å²) in [4.78, 5) is 30.5. The summed E-state index contributed by atoms with van der Waals surface area (Å²) in [6, 6.07) is 14.0. The maximum atomic E-state index is 13.5. The topological polar surface area (TPSA) is 96.9 Å². The molecule has 3 aliphatic heterocycles. The predicted molar refractivity (Wildman–Crippen MR) is 171 cm³/mol. The highest BCUT2D eigenvalue weighted by Crippen LogP contribution is 2.36. The zero-order valence-electron chi connectivity index (χ0n) is 26.0. The van der Waals surface area contributed by atoms with Crippen molar-refractivity contribution < 1.29 is 19.1 Å². The number of carbonyl (C=O) groups is 2. The minimum atomic E-state index is -0.165. The minimum Gasteiger partial charge on any atom is -0.457 e. The molecule has 1 N–H and O–H groups in total. The van der Waals surface area contributed by atoms with Crippen LogP contribution in [-0.4, -0.2) is 76.7 Å². The molecule has 3 fully saturated rings. The van der Waals surface area contributed by atoms with E-state index in [-0.39, 0.29) is 23.9 Å². The number of benzene rings is 2. The molecule has 1 unspecified atom stereocenters. The van der Waals surface area contributed by atoms with Gasteiger partial charge in [0.25, 0.3) is 5.91 Å². The maximum absolute atomic E-state index is 13.5. The molecule has 3 aliphatic rings. The van der Waals surface area contributed by atoms with Crippen LogP contribution in [0.15, 0.2) is 42.5 Å². The summed E-state index contributed by atoms with van der Waals surface area (Å²) in [6.45, 7) is 10.7. The second-order valence-corrected chi connectivity index (χ2v) is 13.5. The van der Waals surface area contributed by atoms with Gasteiger partial charge in [-0.3, -0.25) is 9.59 Å².